The zero-order valence-corrected chi connectivity index (χ0v) is 12.0. The number of nitrogens with zero attached hydrogens (tertiary/aromatic N) is 4. The van der Waals surface area contributed by atoms with Crippen molar-refractivity contribution in [3.05, 3.63) is 11.9 Å². The summed E-state index contributed by atoms with van der Waals surface area (Å²) in [6.45, 7) is 10.4. The number of hydrogen-bond acceptors (Lipinski definition) is 4. The summed E-state index contributed by atoms with van der Waals surface area (Å²) in [6.07, 6.45) is 1.72. The van der Waals surface area contributed by atoms with Gasteiger partial charge in [0.15, 0.2) is 5.69 Å². The molecular weight excluding hydrogens is 242 g/mol. The van der Waals surface area contributed by atoms with Crippen molar-refractivity contribution in [1.82, 2.24) is 19.6 Å². The van der Waals surface area contributed by atoms with Crippen LogP contribution in [0.1, 0.15) is 31.3 Å². The number of nitrogen functional groups attached to an aromatic ring is 1. The monoisotopic (exact) mass is 265 g/mol. The number of anilines is 1. The van der Waals surface area contributed by atoms with Crippen LogP contribution in [0.15, 0.2) is 6.20 Å². The molecule has 106 valence electrons. The summed E-state index contributed by atoms with van der Waals surface area (Å²) < 4.78 is 1.70. The lowest BCUT2D eigenvalue weighted by molar-refractivity contribution is 0.0523. The normalized spacial score (nSPS) is 20.8. The van der Waals surface area contributed by atoms with Crippen molar-refractivity contribution in [2.45, 2.75) is 33.4 Å². The van der Waals surface area contributed by atoms with E-state index in [2.05, 4.69) is 23.8 Å². The van der Waals surface area contributed by atoms with Crippen LogP contribution in [-0.4, -0.2) is 57.7 Å². The summed E-state index contributed by atoms with van der Waals surface area (Å²) in [4.78, 5) is 16.7. The predicted octanol–water partition coefficient (Wildman–Crippen LogP) is 0.651. The third-order valence-corrected chi connectivity index (χ3v) is 3.78. The molecule has 6 heteroatoms. The summed E-state index contributed by atoms with van der Waals surface area (Å²) in [7, 11) is 0. The highest BCUT2D eigenvalue weighted by Gasteiger charge is 2.28. The van der Waals surface area contributed by atoms with Crippen LogP contribution in [0.5, 0.6) is 0 Å². The summed E-state index contributed by atoms with van der Waals surface area (Å²) >= 11 is 0. The fraction of sp³-hybridized carbons (Fsp3) is 0.692. The number of carbonyl (C=O) groups is 1. The van der Waals surface area contributed by atoms with Crippen molar-refractivity contribution in [1.29, 1.82) is 0 Å². The van der Waals surface area contributed by atoms with Gasteiger partial charge in [-0.15, -0.1) is 0 Å². The van der Waals surface area contributed by atoms with Crippen molar-refractivity contribution >= 4 is 11.6 Å². The number of carbonyl (C=O) groups excluding carboxylic acids is 1. The number of piperazine rings is 1. The molecule has 1 amide bonds. The Morgan fingerprint density at radius 1 is 1.42 bits per heavy atom. The Hall–Kier alpha value is -1.56. The van der Waals surface area contributed by atoms with E-state index >= 15 is 0 Å². The average molecular weight is 265 g/mol. The van der Waals surface area contributed by atoms with Gasteiger partial charge in [0.05, 0.1) is 5.69 Å². The van der Waals surface area contributed by atoms with E-state index in [0.717, 1.165) is 32.7 Å². The number of aromatic nitrogens is 2. The Bertz CT molecular complexity index is 456. The minimum absolute atomic E-state index is 0.0488. The van der Waals surface area contributed by atoms with Crippen LogP contribution in [0, 0.1) is 0 Å². The van der Waals surface area contributed by atoms with Gasteiger partial charge in [-0.05, 0) is 20.4 Å². The van der Waals surface area contributed by atoms with Crippen LogP contribution in [0.4, 0.5) is 5.69 Å². The van der Waals surface area contributed by atoms with E-state index in [0.29, 0.717) is 17.4 Å². The first kappa shape index (κ1) is 13.9. The zero-order valence-electron chi connectivity index (χ0n) is 12.0. The largest absolute Gasteiger partial charge is 0.396 e. The molecule has 0 spiro atoms. The van der Waals surface area contributed by atoms with Crippen LogP contribution >= 0.6 is 0 Å². The third kappa shape index (κ3) is 2.73. The van der Waals surface area contributed by atoms with E-state index in [4.69, 9.17) is 5.73 Å². The molecule has 1 aliphatic heterocycles. The van der Waals surface area contributed by atoms with Gasteiger partial charge in [-0.25, -0.2) is 0 Å². The van der Waals surface area contributed by atoms with Gasteiger partial charge in [0, 0.05) is 38.4 Å². The molecule has 2 rings (SSSR count). The van der Waals surface area contributed by atoms with Crippen molar-refractivity contribution in [2.75, 3.05) is 31.9 Å². The minimum Gasteiger partial charge on any atom is -0.396 e. The van der Waals surface area contributed by atoms with Gasteiger partial charge in [-0.2, -0.15) is 5.10 Å². The Morgan fingerprint density at radius 3 is 2.68 bits per heavy atom. The SMILES string of the molecule is CCN1CCN(C(=O)c2nn(CC)cc2N)CC1C. The second-order valence-corrected chi connectivity index (χ2v) is 5.02. The molecule has 2 heterocycles. The van der Waals surface area contributed by atoms with Crippen LogP contribution in [0.2, 0.25) is 0 Å². The van der Waals surface area contributed by atoms with Crippen LogP contribution in [-0.2, 0) is 6.54 Å². The average Bonchev–Trinajstić information content (AvgIpc) is 2.79. The predicted molar refractivity (Wildman–Crippen MR) is 74.9 cm³/mol. The quantitative estimate of drug-likeness (QED) is 0.871. The number of amides is 1. The molecule has 0 aliphatic carbocycles. The van der Waals surface area contributed by atoms with E-state index in [1.54, 1.807) is 10.9 Å². The molecule has 1 saturated heterocycles. The molecule has 0 bridgehead atoms. The highest BCUT2D eigenvalue weighted by atomic mass is 16.2. The maximum Gasteiger partial charge on any atom is 0.276 e. The first-order valence-corrected chi connectivity index (χ1v) is 6.93. The summed E-state index contributed by atoms with van der Waals surface area (Å²) in [5.74, 6) is -0.0488. The van der Waals surface area contributed by atoms with E-state index in [1.807, 2.05) is 11.8 Å². The van der Waals surface area contributed by atoms with Gasteiger partial charge in [0.2, 0.25) is 0 Å². The second kappa shape index (κ2) is 5.61. The van der Waals surface area contributed by atoms with Crippen LogP contribution in [0.25, 0.3) is 0 Å². The van der Waals surface area contributed by atoms with E-state index < -0.39 is 0 Å². The van der Waals surface area contributed by atoms with Crippen LogP contribution < -0.4 is 5.73 Å². The maximum atomic E-state index is 12.4. The fourth-order valence-electron chi connectivity index (χ4n) is 2.56. The molecule has 2 N–H and O–H groups in total. The Labute approximate surface area is 114 Å². The molecule has 0 aromatic carbocycles. The fourth-order valence-corrected chi connectivity index (χ4v) is 2.56. The van der Waals surface area contributed by atoms with Crippen molar-refractivity contribution in [3.63, 3.8) is 0 Å². The lowest BCUT2D eigenvalue weighted by Gasteiger charge is -2.39. The van der Waals surface area contributed by atoms with Gasteiger partial charge in [-0.3, -0.25) is 14.4 Å². The molecule has 19 heavy (non-hydrogen) atoms. The Morgan fingerprint density at radius 2 is 2.16 bits per heavy atom. The van der Waals surface area contributed by atoms with Crippen molar-refractivity contribution in [2.24, 2.45) is 0 Å². The highest BCUT2D eigenvalue weighted by Crippen LogP contribution is 2.16. The van der Waals surface area contributed by atoms with E-state index in [9.17, 15) is 4.79 Å². The Kier molecular flexibility index (Phi) is 4.09. The van der Waals surface area contributed by atoms with Gasteiger partial charge in [0.1, 0.15) is 0 Å². The van der Waals surface area contributed by atoms with Crippen LogP contribution in [0.3, 0.4) is 0 Å². The number of likely N-dealkylation sites (N-methyl/N-ethyl adjacent to an activating group) is 1. The molecule has 0 saturated carbocycles. The smallest absolute Gasteiger partial charge is 0.276 e. The molecule has 1 fully saturated rings. The molecule has 0 radical (unpaired) electrons. The standard InChI is InChI=1S/C13H23N5O/c1-4-16-6-7-17(8-10(16)3)13(19)12-11(14)9-18(5-2)15-12/h9-10H,4-8,14H2,1-3H3. The summed E-state index contributed by atoms with van der Waals surface area (Å²) in [5, 5.41) is 4.25. The first-order valence-electron chi connectivity index (χ1n) is 6.93. The first-order chi connectivity index (χ1) is 9.06. The van der Waals surface area contributed by atoms with E-state index in [-0.39, 0.29) is 5.91 Å². The molecule has 1 aliphatic rings. The highest BCUT2D eigenvalue weighted by molar-refractivity contribution is 5.97. The maximum absolute atomic E-state index is 12.4. The molecule has 1 aromatic rings. The van der Waals surface area contributed by atoms with Gasteiger partial charge >= 0.3 is 0 Å². The lowest BCUT2D eigenvalue weighted by Crippen LogP contribution is -2.53. The molecular formula is C13H23N5O. The van der Waals surface area contributed by atoms with E-state index in [1.165, 1.54) is 0 Å². The minimum atomic E-state index is -0.0488. The second-order valence-electron chi connectivity index (χ2n) is 5.02. The molecule has 6 nitrogen and oxygen atoms in total. The Balaban J connectivity index is 2.10. The molecule has 1 aromatic heterocycles. The topological polar surface area (TPSA) is 67.4 Å². The number of aryl methyl sites for hydroxylation is 1. The number of hydrogen-bond donors (Lipinski definition) is 1. The van der Waals surface area contributed by atoms with Crippen molar-refractivity contribution in [3.8, 4) is 0 Å². The number of nitrogens with two attached hydrogens (primary N) is 1. The molecule has 1 unspecified atom stereocenters. The summed E-state index contributed by atoms with van der Waals surface area (Å²) in [6, 6.07) is 0.386. The van der Waals surface area contributed by atoms with Gasteiger partial charge in [-0.1, -0.05) is 6.92 Å². The number of rotatable bonds is 3. The van der Waals surface area contributed by atoms with Gasteiger partial charge < -0.3 is 10.6 Å². The third-order valence-electron chi connectivity index (χ3n) is 3.78. The summed E-state index contributed by atoms with van der Waals surface area (Å²) in [5.41, 5.74) is 6.73. The zero-order chi connectivity index (χ0) is 14.0. The lowest BCUT2D eigenvalue weighted by atomic mass is 10.2. The van der Waals surface area contributed by atoms with Gasteiger partial charge in [0.25, 0.3) is 5.91 Å². The molecule has 1 atom stereocenters. The van der Waals surface area contributed by atoms with Crippen molar-refractivity contribution < 1.29 is 4.79 Å².